The van der Waals surface area contributed by atoms with Crippen LogP contribution in [-0.4, -0.2) is 44.5 Å². The largest absolute Gasteiger partial charge is 0.378 e. The SMILES string of the molecule is O=C1CC(CS)CN1c1ccccc1N1CCOCC1. The molecule has 1 amide bonds. The van der Waals surface area contributed by atoms with Crippen LogP contribution in [0.1, 0.15) is 6.42 Å². The lowest BCUT2D eigenvalue weighted by Gasteiger charge is -2.32. The molecule has 108 valence electrons. The van der Waals surface area contributed by atoms with Gasteiger partial charge in [0.25, 0.3) is 0 Å². The first-order chi connectivity index (χ1) is 9.79. The summed E-state index contributed by atoms with van der Waals surface area (Å²) in [6, 6.07) is 8.18. The van der Waals surface area contributed by atoms with Crippen molar-refractivity contribution in [3.63, 3.8) is 0 Å². The minimum atomic E-state index is 0.213. The Kier molecular flexibility index (Phi) is 4.17. The highest BCUT2D eigenvalue weighted by molar-refractivity contribution is 7.80. The van der Waals surface area contributed by atoms with E-state index in [0.29, 0.717) is 12.3 Å². The van der Waals surface area contributed by atoms with Crippen LogP contribution in [0.3, 0.4) is 0 Å². The monoisotopic (exact) mass is 292 g/mol. The molecule has 2 aliphatic rings. The molecule has 0 bridgehead atoms. The first-order valence-corrected chi connectivity index (χ1v) is 7.76. The molecule has 5 heteroatoms. The van der Waals surface area contributed by atoms with Crippen molar-refractivity contribution in [2.45, 2.75) is 6.42 Å². The standard InChI is InChI=1S/C15H20N2O2S/c18-15-9-12(11-20)10-17(15)14-4-2-1-3-13(14)16-5-7-19-8-6-16/h1-4,12,20H,5-11H2. The maximum absolute atomic E-state index is 12.2. The van der Waals surface area contributed by atoms with Gasteiger partial charge in [-0.25, -0.2) is 0 Å². The number of hydrogen-bond donors (Lipinski definition) is 1. The van der Waals surface area contributed by atoms with Crippen LogP contribution in [0.15, 0.2) is 24.3 Å². The number of nitrogens with zero attached hydrogens (tertiary/aromatic N) is 2. The highest BCUT2D eigenvalue weighted by Crippen LogP contribution is 2.34. The van der Waals surface area contributed by atoms with E-state index in [1.54, 1.807) is 0 Å². The number of ether oxygens (including phenoxy) is 1. The van der Waals surface area contributed by atoms with Crippen LogP contribution in [0.4, 0.5) is 11.4 Å². The van der Waals surface area contributed by atoms with E-state index in [9.17, 15) is 4.79 Å². The number of morpholine rings is 1. The van der Waals surface area contributed by atoms with Gasteiger partial charge in [0.2, 0.25) is 5.91 Å². The van der Waals surface area contributed by atoms with Gasteiger partial charge in [0.1, 0.15) is 0 Å². The van der Waals surface area contributed by atoms with Crippen LogP contribution in [-0.2, 0) is 9.53 Å². The minimum absolute atomic E-state index is 0.213. The van der Waals surface area contributed by atoms with Crippen LogP contribution in [0.2, 0.25) is 0 Å². The maximum atomic E-state index is 12.2. The van der Waals surface area contributed by atoms with Crippen LogP contribution in [0, 0.1) is 5.92 Å². The Morgan fingerprint density at radius 1 is 1.20 bits per heavy atom. The average molecular weight is 292 g/mol. The maximum Gasteiger partial charge on any atom is 0.227 e. The fourth-order valence-electron chi connectivity index (χ4n) is 2.90. The highest BCUT2D eigenvalue weighted by atomic mass is 32.1. The molecular formula is C15H20N2O2S. The molecule has 0 aliphatic carbocycles. The summed E-state index contributed by atoms with van der Waals surface area (Å²) >= 11 is 4.33. The van der Waals surface area contributed by atoms with E-state index in [4.69, 9.17) is 4.74 Å². The molecule has 2 aliphatic heterocycles. The molecule has 0 N–H and O–H groups in total. The van der Waals surface area contributed by atoms with Gasteiger partial charge in [0.05, 0.1) is 24.6 Å². The fourth-order valence-corrected chi connectivity index (χ4v) is 3.15. The summed E-state index contributed by atoms with van der Waals surface area (Å²) in [6.07, 6.45) is 0.612. The van der Waals surface area contributed by atoms with Gasteiger partial charge in [-0.2, -0.15) is 12.6 Å². The normalized spacial score (nSPS) is 23.4. The van der Waals surface area contributed by atoms with Gasteiger partial charge >= 0.3 is 0 Å². The van der Waals surface area contributed by atoms with Crippen LogP contribution in [0.25, 0.3) is 0 Å². The van der Waals surface area contributed by atoms with Crippen molar-refractivity contribution < 1.29 is 9.53 Å². The molecule has 0 spiro atoms. The minimum Gasteiger partial charge on any atom is -0.378 e. The molecule has 1 aromatic carbocycles. The molecule has 3 rings (SSSR count). The molecule has 2 fully saturated rings. The van der Waals surface area contributed by atoms with Crippen molar-refractivity contribution in [2.75, 3.05) is 48.4 Å². The second-order valence-corrected chi connectivity index (χ2v) is 5.71. The van der Waals surface area contributed by atoms with Gasteiger partial charge in [-0.3, -0.25) is 4.79 Å². The predicted molar refractivity (Wildman–Crippen MR) is 83.8 cm³/mol. The number of carbonyl (C=O) groups is 1. The van der Waals surface area contributed by atoms with Crippen molar-refractivity contribution >= 4 is 29.9 Å². The molecule has 0 aromatic heterocycles. The topological polar surface area (TPSA) is 32.8 Å². The number of benzene rings is 1. The van der Waals surface area contributed by atoms with Gasteiger partial charge in [0, 0.05) is 26.1 Å². The summed E-state index contributed by atoms with van der Waals surface area (Å²) in [5.74, 6) is 1.34. The summed E-state index contributed by atoms with van der Waals surface area (Å²) in [5, 5.41) is 0. The molecule has 1 atom stereocenters. The number of para-hydroxylation sites is 2. The van der Waals surface area contributed by atoms with Crippen LogP contribution < -0.4 is 9.80 Å². The zero-order valence-electron chi connectivity index (χ0n) is 11.5. The molecule has 20 heavy (non-hydrogen) atoms. The summed E-state index contributed by atoms with van der Waals surface area (Å²) in [5.41, 5.74) is 2.17. The lowest BCUT2D eigenvalue weighted by molar-refractivity contribution is -0.117. The Balaban J connectivity index is 1.87. The van der Waals surface area contributed by atoms with E-state index in [0.717, 1.165) is 50.0 Å². The lowest BCUT2D eigenvalue weighted by Crippen LogP contribution is -2.37. The van der Waals surface area contributed by atoms with Crippen molar-refractivity contribution in [1.82, 2.24) is 0 Å². The number of thiol groups is 1. The lowest BCUT2D eigenvalue weighted by atomic mass is 10.1. The van der Waals surface area contributed by atoms with Gasteiger partial charge in [-0.05, 0) is 23.8 Å². The van der Waals surface area contributed by atoms with E-state index in [-0.39, 0.29) is 5.91 Å². The highest BCUT2D eigenvalue weighted by Gasteiger charge is 2.31. The summed E-state index contributed by atoms with van der Waals surface area (Å²) < 4.78 is 5.41. The third kappa shape index (κ3) is 2.65. The Bertz CT molecular complexity index is 489. The van der Waals surface area contributed by atoms with Crippen LogP contribution in [0.5, 0.6) is 0 Å². The smallest absolute Gasteiger partial charge is 0.227 e. The Labute approximate surface area is 125 Å². The molecular weight excluding hydrogens is 272 g/mol. The average Bonchev–Trinajstić information content (AvgIpc) is 2.89. The quantitative estimate of drug-likeness (QED) is 0.863. The van der Waals surface area contributed by atoms with Gasteiger partial charge in [0.15, 0.2) is 0 Å². The van der Waals surface area contributed by atoms with E-state index in [2.05, 4.69) is 23.6 Å². The zero-order valence-corrected chi connectivity index (χ0v) is 12.4. The number of hydrogen-bond acceptors (Lipinski definition) is 4. The predicted octanol–water partition coefficient (Wildman–Crippen LogP) is 1.81. The summed E-state index contributed by atoms with van der Waals surface area (Å²) in [7, 11) is 0. The van der Waals surface area contributed by atoms with Crippen LogP contribution >= 0.6 is 12.6 Å². The van der Waals surface area contributed by atoms with E-state index in [1.165, 1.54) is 0 Å². The van der Waals surface area contributed by atoms with E-state index >= 15 is 0 Å². The third-order valence-electron chi connectivity index (χ3n) is 3.99. The van der Waals surface area contributed by atoms with E-state index in [1.807, 2.05) is 23.1 Å². The van der Waals surface area contributed by atoms with Gasteiger partial charge in [-0.1, -0.05) is 12.1 Å². The zero-order chi connectivity index (χ0) is 13.9. The molecule has 1 unspecified atom stereocenters. The number of amides is 1. The van der Waals surface area contributed by atoms with Crippen molar-refractivity contribution in [1.29, 1.82) is 0 Å². The summed E-state index contributed by atoms with van der Waals surface area (Å²) in [6.45, 7) is 4.05. The first-order valence-electron chi connectivity index (χ1n) is 7.12. The van der Waals surface area contributed by atoms with Crippen molar-refractivity contribution in [3.05, 3.63) is 24.3 Å². The Morgan fingerprint density at radius 2 is 1.90 bits per heavy atom. The number of rotatable bonds is 3. The third-order valence-corrected chi connectivity index (χ3v) is 4.50. The molecule has 4 nitrogen and oxygen atoms in total. The second-order valence-electron chi connectivity index (χ2n) is 5.35. The Hall–Kier alpha value is -1.20. The van der Waals surface area contributed by atoms with Gasteiger partial charge < -0.3 is 14.5 Å². The number of anilines is 2. The molecule has 2 heterocycles. The molecule has 1 aromatic rings. The first kappa shape index (κ1) is 13.8. The van der Waals surface area contributed by atoms with Gasteiger partial charge in [-0.15, -0.1) is 0 Å². The second kappa shape index (κ2) is 6.06. The summed E-state index contributed by atoms with van der Waals surface area (Å²) in [4.78, 5) is 16.5. The number of carbonyl (C=O) groups excluding carboxylic acids is 1. The molecule has 0 radical (unpaired) electrons. The van der Waals surface area contributed by atoms with E-state index < -0.39 is 0 Å². The Morgan fingerprint density at radius 3 is 2.55 bits per heavy atom. The fraction of sp³-hybridized carbons (Fsp3) is 0.533. The molecule has 0 saturated carbocycles. The molecule has 2 saturated heterocycles. The van der Waals surface area contributed by atoms with Crippen molar-refractivity contribution in [3.8, 4) is 0 Å². The van der Waals surface area contributed by atoms with Crippen molar-refractivity contribution in [2.24, 2.45) is 5.92 Å².